The van der Waals surface area contributed by atoms with Crippen LogP contribution in [-0.2, 0) is 13.1 Å². The highest BCUT2D eigenvalue weighted by atomic mass is 15.3. The Hall–Kier alpha value is -0.900. The van der Waals surface area contributed by atoms with Gasteiger partial charge in [0.1, 0.15) is 12.2 Å². The zero-order valence-corrected chi connectivity index (χ0v) is 7.70. The van der Waals surface area contributed by atoms with E-state index < -0.39 is 0 Å². The Bertz CT molecular complexity index is 231. The van der Waals surface area contributed by atoms with Crippen LogP contribution in [0.25, 0.3) is 0 Å². The predicted molar refractivity (Wildman–Crippen MR) is 47.4 cm³/mol. The van der Waals surface area contributed by atoms with Crippen LogP contribution in [0.2, 0.25) is 0 Å². The third-order valence-corrected chi connectivity index (χ3v) is 2.06. The molecule has 0 bridgehead atoms. The molecule has 0 saturated carbocycles. The standard InChI is InChI=1S/C8H16N4/c1-3-7(2)5-12-8(4-9)10-6-11-12/h6-7H,3-5,9H2,1-2H3. The Morgan fingerprint density at radius 2 is 2.42 bits per heavy atom. The fourth-order valence-electron chi connectivity index (χ4n) is 1.02. The van der Waals surface area contributed by atoms with Crippen molar-refractivity contribution >= 4 is 0 Å². The van der Waals surface area contributed by atoms with Gasteiger partial charge in [0.25, 0.3) is 0 Å². The van der Waals surface area contributed by atoms with E-state index in [1.54, 1.807) is 6.33 Å². The van der Waals surface area contributed by atoms with Crippen molar-refractivity contribution in [3.63, 3.8) is 0 Å². The van der Waals surface area contributed by atoms with Crippen LogP contribution in [-0.4, -0.2) is 14.8 Å². The van der Waals surface area contributed by atoms with Gasteiger partial charge in [-0.05, 0) is 5.92 Å². The number of hydrogen-bond donors (Lipinski definition) is 1. The van der Waals surface area contributed by atoms with Gasteiger partial charge in [0.05, 0.1) is 6.54 Å². The quantitative estimate of drug-likeness (QED) is 0.723. The number of aromatic nitrogens is 3. The van der Waals surface area contributed by atoms with Crippen LogP contribution in [0.15, 0.2) is 6.33 Å². The fraction of sp³-hybridized carbons (Fsp3) is 0.750. The molecule has 12 heavy (non-hydrogen) atoms. The van der Waals surface area contributed by atoms with Gasteiger partial charge in [0, 0.05) is 6.54 Å². The lowest BCUT2D eigenvalue weighted by atomic mass is 10.1. The molecule has 2 N–H and O–H groups in total. The first kappa shape index (κ1) is 9.19. The van der Waals surface area contributed by atoms with Crippen molar-refractivity contribution in [2.24, 2.45) is 11.7 Å². The lowest BCUT2D eigenvalue weighted by Crippen LogP contribution is -2.14. The van der Waals surface area contributed by atoms with Gasteiger partial charge < -0.3 is 5.73 Å². The van der Waals surface area contributed by atoms with Crippen LogP contribution >= 0.6 is 0 Å². The number of rotatable bonds is 4. The van der Waals surface area contributed by atoms with E-state index >= 15 is 0 Å². The normalized spacial score (nSPS) is 13.2. The molecule has 0 aliphatic carbocycles. The van der Waals surface area contributed by atoms with Gasteiger partial charge in [0.2, 0.25) is 0 Å². The van der Waals surface area contributed by atoms with Gasteiger partial charge in [-0.15, -0.1) is 0 Å². The summed E-state index contributed by atoms with van der Waals surface area (Å²) in [6.07, 6.45) is 2.72. The van der Waals surface area contributed by atoms with Crippen LogP contribution in [0.3, 0.4) is 0 Å². The summed E-state index contributed by atoms with van der Waals surface area (Å²) in [6, 6.07) is 0. The molecule has 1 aromatic heterocycles. The molecular formula is C8H16N4. The summed E-state index contributed by atoms with van der Waals surface area (Å²) in [5.41, 5.74) is 5.49. The third-order valence-electron chi connectivity index (χ3n) is 2.06. The summed E-state index contributed by atoms with van der Waals surface area (Å²) in [4.78, 5) is 4.05. The lowest BCUT2D eigenvalue weighted by molar-refractivity contribution is 0.427. The minimum Gasteiger partial charge on any atom is -0.324 e. The number of hydrogen-bond acceptors (Lipinski definition) is 3. The smallest absolute Gasteiger partial charge is 0.140 e. The molecule has 0 aliphatic rings. The molecule has 1 aromatic rings. The van der Waals surface area contributed by atoms with E-state index in [-0.39, 0.29) is 0 Å². The van der Waals surface area contributed by atoms with E-state index in [9.17, 15) is 0 Å². The van der Waals surface area contributed by atoms with Gasteiger partial charge >= 0.3 is 0 Å². The molecule has 0 fully saturated rings. The Kier molecular flexibility index (Phi) is 3.22. The summed E-state index contributed by atoms with van der Waals surface area (Å²) in [5.74, 6) is 1.51. The molecule has 1 atom stereocenters. The molecule has 0 aromatic carbocycles. The third kappa shape index (κ3) is 2.04. The van der Waals surface area contributed by atoms with Crippen LogP contribution < -0.4 is 5.73 Å². The maximum absolute atomic E-state index is 5.49. The summed E-state index contributed by atoms with van der Waals surface area (Å²) in [7, 11) is 0. The van der Waals surface area contributed by atoms with E-state index in [1.165, 1.54) is 0 Å². The molecule has 0 spiro atoms. The summed E-state index contributed by atoms with van der Waals surface area (Å²) >= 11 is 0. The molecule has 0 radical (unpaired) electrons. The van der Waals surface area contributed by atoms with E-state index in [4.69, 9.17) is 5.73 Å². The minimum atomic E-state index is 0.469. The van der Waals surface area contributed by atoms with Crippen LogP contribution in [0.1, 0.15) is 26.1 Å². The topological polar surface area (TPSA) is 56.7 Å². The first-order valence-electron chi connectivity index (χ1n) is 4.34. The van der Waals surface area contributed by atoms with Crippen molar-refractivity contribution in [3.05, 3.63) is 12.2 Å². The molecule has 0 amide bonds. The first-order valence-corrected chi connectivity index (χ1v) is 4.34. The molecule has 1 heterocycles. The second-order valence-electron chi connectivity index (χ2n) is 3.08. The maximum atomic E-state index is 5.49. The molecule has 1 unspecified atom stereocenters. The molecule has 0 saturated heterocycles. The van der Waals surface area contributed by atoms with E-state index in [0.717, 1.165) is 18.8 Å². The predicted octanol–water partition coefficient (Wildman–Crippen LogP) is 0.783. The zero-order valence-electron chi connectivity index (χ0n) is 7.70. The second kappa shape index (κ2) is 4.21. The molecule has 4 nitrogen and oxygen atoms in total. The van der Waals surface area contributed by atoms with Crippen molar-refractivity contribution in [2.75, 3.05) is 0 Å². The van der Waals surface area contributed by atoms with Crippen LogP contribution in [0.5, 0.6) is 0 Å². The highest BCUT2D eigenvalue weighted by Gasteiger charge is 2.05. The number of nitrogens with two attached hydrogens (primary N) is 1. The minimum absolute atomic E-state index is 0.469. The summed E-state index contributed by atoms with van der Waals surface area (Å²) < 4.78 is 1.88. The molecule has 1 rings (SSSR count). The Labute approximate surface area is 72.8 Å². The van der Waals surface area contributed by atoms with Gasteiger partial charge in [-0.1, -0.05) is 20.3 Å². The first-order chi connectivity index (χ1) is 5.77. The molecule has 4 heteroatoms. The second-order valence-corrected chi connectivity index (χ2v) is 3.08. The van der Waals surface area contributed by atoms with Crippen LogP contribution in [0.4, 0.5) is 0 Å². The van der Waals surface area contributed by atoms with Crippen molar-refractivity contribution < 1.29 is 0 Å². The SMILES string of the molecule is CCC(C)Cn1ncnc1CN. The van der Waals surface area contributed by atoms with Crippen LogP contribution in [0, 0.1) is 5.92 Å². The zero-order chi connectivity index (χ0) is 8.97. The Morgan fingerprint density at radius 1 is 1.67 bits per heavy atom. The fourth-order valence-corrected chi connectivity index (χ4v) is 1.02. The van der Waals surface area contributed by atoms with Crippen molar-refractivity contribution in [2.45, 2.75) is 33.4 Å². The monoisotopic (exact) mass is 168 g/mol. The summed E-state index contributed by atoms with van der Waals surface area (Å²) in [6.45, 7) is 5.76. The maximum Gasteiger partial charge on any atom is 0.140 e. The van der Waals surface area contributed by atoms with Gasteiger partial charge in [-0.2, -0.15) is 5.10 Å². The summed E-state index contributed by atoms with van der Waals surface area (Å²) in [5, 5.41) is 4.10. The van der Waals surface area contributed by atoms with Crippen molar-refractivity contribution in [3.8, 4) is 0 Å². The highest BCUT2D eigenvalue weighted by molar-refractivity contribution is 4.82. The lowest BCUT2D eigenvalue weighted by Gasteiger charge is -2.09. The van der Waals surface area contributed by atoms with E-state index in [2.05, 4.69) is 23.9 Å². The van der Waals surface area contributed by atoms with Gasteiger partial charge in [0.15, 0.2) is 0 Å². The van der Waals surface area contributed by atoms with Crippen molar-refractivity contribution in [1.29, 1.82) is 0 Å². The Morgan fingerprint density at radius 3 is 3.00 bits per heavy atom. The average Bonchev–Trinajstić information content (AvgIpc) is 2.51. The Balaban J connectivity index is 2.61. The van der Waals surface area contributed by atoms with Crippen molar-refractivity contribution in [1.82, 2.24) is 14.8 Å². The van der Waals surface area contributed by atoms with E-state index in [0.29, 0.717) is 12.5 Å². The highest BCUT2D eigenvalue weighted by Crippen LogP contribution is 2.04. The van der Waals surface area contributed by atoms with Gasteiger partial charge in [-0.25, -0.2) is 9.67 Å². The van der Waals surface area contributed by atoms with Gasteiger partial charge in [-0.3, -0.25) is 0 Å². The largest absolute Gasteiger partial charge is 0.324 e. The average molecular weight is 168 g/mol. The molecular weight excluding hydrogens is 152 g/mol. The molecule has 0 aliphatic heterocycles. The number of nitrogens with zero attached hydrogens (tertiary/aromatic N) is 3. The van der Waals surface area contributed by atoms with E-state index in [1.807, 2.05) is 4.68 Å². The molecule has 68 valence electrons.